The molecule has 0 aliphatic rings. The van der Waals surface area contributed by atoms with Crippen LogP contribution in [0.3, 0.4) is 0 Å². The maximum atomic E-state index is 5.43. The van der Waals surface area contributed by atoms with E-state index in [2.05, 4.69) is 58.5 Å². The molecule has 0 spiro atoms. The minimum absolute atomic E-state index is 0.561. The van der Waals surface area contributed by atoms with Gasteiger partial charge in [0.2, 0.25) is 0 Å². The summed E-state index contributed by atoms with van der Waals surface area (Å²) in [6.45, 7) is 0. The van der Waals surface area contributed by atoms with Crippen LogP contribution in [-0.4, -0.2) is 24.2 Å². The summed E-state index contributed by atoms with van der Waals surface area (Å²) in [5.74, 6) is 1.15. The van der Waals surface area contributed by atoms with E-state index in [0.717, 1.165) is 0 Å². The third-order valence-corrected chi connectivity index (χ3v) is 4.23. The van der Waals surface area contributed by atoms with Crippen molar-refractivity contribution in [1.82, 2.24) is 9.97 Å². The van der Waals surface area contributed by atoms with E-state index in [0.29, 0.717) is 44.1 Å². The summed E-state index contributed by atoms with van der Waals surface area (Å²) in [7, 11) is 3.17. The first-order chi connectivity index (χ1) is 14.8. The van der Waals surface area contributed by atoms with Gasteiger partial charge in [-0.2, -0.15) is 0 Å². The third kappa shape index (κ3) is 3.95. The largest absolute Gasteiger partial charge is 0.493 e. The highest BCUT2D eigenvalue weighted by atomic mass is 16.5. The molecule has 140 valence electrons. The van der Waals surface area contributed by atoms with E-state index in [1.807, 2.05) is 36.4 Å². The lowest BCUT2D eigenvalue weighted by molar-refractivity contribution is 0.356. The highest BCUT2D eigenvalue weighted by molar-refractivity contribution is 5.84. The summed E-state index contributed by atoms with van der Waals surface area (Å²) in [4.78, 5) is 8.64. The summed E-state index contributed by atoms with van der Waals surface area (Å²) in [5.41, 5.74) is 1.12. The van der Waals surface area contributed by atoms with Crippen LogP contribution in [0.5, 0.6) is 11.5 Å². The molecule has 0 saturated carbocycles. The highest BCUT2D eigenvalue weighted by Gasteiger charge is 2.04. The van der Waals surface area contributed by atoms with Crippen molar-refractivity contribution >= 4 is 32.6 Å². The van der Waals surface area contributed by atoms with Crippen LogP contribution in [0.25, 0.3) is 32.6 Å². The van der Waals surface area contributed by atoms with Gasteiger partial charge < -0.3 is 9.47 Å². The second kappa shape index (κ2) is 8.58. The molecule has 0 amide bonds. The molecule has 0 aliphatic heterocycles. The molecular formula is C26H14N2O2. The van der Waals surface area contributed by atoms with E-state index >= 15 is 0 Å². The molecule has 30 heavy (non-hydrogen) atoms. The van der Waals surface area contributed by atoms with Crippen LogP contribution in [-0.2, 0) is 0 Å². The Morgan fingerprint density at radius 1 is 0.600 bits per heavy atom. The number of fused-ring (bicyclic) bond motifs is 3. The molecule has 4 nitrogen and oxygen atoms in total. The van der Waals surface area contributed by atoms with Crippen LogP contribution in [0.15, 0.2) is 48.8 Å². The van der Waals surface area contributed by atoms with Gasteiger partial charge in [0, 0.05) is 35.3 Å². The summed E-state index contributed by atoms with van der Waals surface area (Å²) >= 11 is 0. The summed E-state index contributed by atoms with van der Waals surface area (Å²) in [6.07, 6.45) is 3.35. The smallest absolute Gasteiger partial charge is 0.162 e. The van der Waals surface area contributed by atoms with E-state index < -0.39 is 0 Å². The summed E-state index contributed by atoms with van der Waals surface area (Å²) < 4.78 is 10.9. The quantitative estimate of drug-likeness (QED) is 0.505. The monoisotopic (exact) mass is 386 g/mol. The second-order valence-electron chi connectivity index (χ2n) is 6.05. The van der Waals surface area contributed by atoms with Crippen molar-refractivity contribution in [1.29, 1.82) is 0 Å². The molecule has 4 aromatic rings. The fourth-order valence-corrected chi connectivity index (χ4v) is 2.75. The van der Waals surface area contributed by atoms with Gasteiger partial charge in [0.15, 0.2) is 11.5 Å². The molecule has 4 rings (SSSR count). The lowest BCUT2D eigenvalue weighted by atomic mass is 10.1. The van der Waals surface area contributed by atoms with Crippen molar-refractivity contribution < 1.29 is 9.47 Å². The predicted molar refractivity (Wildman–Crippen MR) is 114 cm³/mol. The highest BCUT2D eigenvalue weighted by Crippen LogP contribution is 2.30. The fourth-order valence-electron chi connectivity index (χ4n) is 2.75. The Hall–Kier alpha value is -4.64. The van der Waals surface area contributed by atoms with Crippen LogP contribution < -0.4 is 9.47 Å². The zero-order valence-corrected chi connectivity index (χ0v) is 16.3. The van der Waals surface area contributed by atoms with Gasteiger partial charge in [-0.15, -0.1) is 0 Å². The number of ether oxygens (including phenoxy) is 2. The number of methoxy groups -OCH3 is 2. The Morgan fingerprint density at radius 3 is 1.47 bits per heavy atom. The Balaban J connectivity index is 2.15. The number of aromatic nitrogens is 2. The number of hydrogen-bond acceptors (Lipinski definition) is 4. The third-order valence-electron chi connectivity index (χ3n) is 4.23. The van der Waals surface area contributed by atoms with Gasteiger partial charge in [-0.05, 0) is 48.5 Å². The molecule has 0 saturated heterocycles. The molecule has 2 heterocycles. The van der Waals surface area contributed by atoms with Crippen molar-refractivity contribution in [2.75, 3.05) is 14.2 Å². The van der Waals surface area contributed by atoms with E-state index in [1.165, 1.54) is 0 Å². The first-order valence-electron chi connectivity index (χ1n) is 9.00. The van der Waals surface area contributed by atoms with E-state index in [1.54, 1.807) is 26.6 Å². The molecule has 4 heteroatoms. The van der Waals surface area contributed by atoms with Crippen molar-refractivity contribution in [3.8, 4) is 11.5 Å². The zero-order chi connectivity index (χ0) is 20.8. The predicted octanol–water partition coefficient (Wildman–Crippen LogP) is 4.60. The summed E-state index contributed by atoms with van der Waals surface area (Å²) in [6, 6.07) is 35.2. The SMILES string of the molecule is COc1cc2c#cc3cccnc3c#cc#cc3ncccc3c#cc2cc1OC. The molecule has 2 aromatic carbocycles. The first kappa shape index (κ1) is 18.7. The van der Waals surface area contributed by atoms with Gasteiger partial charge in [-0.3, -0.25) is 0 Å². The van der Waals surface area contributed by atoms with Crippen molar-refractivity contribution in [3.63, 3.8) is 0 Å². The maximum absolute atomic E-state index is 5.43. The van der Waals surface area contributed by atoms with Gasteiger partial charge in [-0.1, -0.05) is 24.3 Å². The minimum Gasteiger partial charge on any atom is -0.493 e. The Labute approximate surface area is 175 Å². The number of hydrogen-bond donors (Lipinski definition) is 0. The Bertz CT molecular complexity index is 1230. The number of benzene rings is 1. The van der Waals surface area contributed by atoms with Gasteiger partial charge in [0.1, 0.15) is 11.0 Å². The zero-order valence-electron chi connectivity index (χ0n) is 16.3. The van der Waals surface area contributed by atoms with Gasteiger partial charge in [0.05, 0.1) is 25.0 Å². The number of rotatable bonds is 2. The second-order valence-corrected chi connectivity index (χ2v) is 6.05. The van der Waals surface area contributed by atoms with Crippen LogP contribution in [0, 0.1) is 48.5 Å². The topological polar surface area (TPSA) is 44.2 Å². The normalized spacial score (nSPS) is 9.27. The molecule has 0 bridgehead atoms. The molecule has 0 atom stereocenters. The van der Waals surface area contributed by atoms with E-state index in [4.69, 9.17) is 9.47 Å². The Morgan fingerprint density at radius 2 is 1.03 bits per heavy atom. The van der Waals surface area contributed by atoms with Crippen LogP contribution in [0.1, 0.15) is 0 Å². The van der Waals surface area contributed by atoms with Crippen molar-refractivity contribution in [2.45, 2.75) is 0 Å². The average Bonchev–Trinajstić information content (AvgIpc) is 2.79. The molecule has 0 aliphatic carbocycles. The minimum atomic E-state index is 0.561. The number of pyridine rings is 2. The first-order valence-corrected chi connectivity index (χ1v) is 9.00. The summed E-state index contributed by atoms with van der Waals surface area (Å²) in [5, 5.41) is 2.82. The fraction of sp³-hybridized carbons (Fsp3) is 0.0769. The molecule has 0 unspecified atom stereocenters. The molecule has 0 fully saturated rings. The lowest BCUT2D eigenvalue weighted by Gasteiger charge is -2.06. The maximum Gasteiger partial charge on any atom is 0.162 e. The lowest BCUT2D eigenvalue weighted by Crippen LogP contribution is -1.89. The standard InChI is InChI=1S/C26H14N2O2/c1-29-25-17-21-13-11-19-7-5-15-27-23(19)9-3-4-10-24-20(8-6-16-28-24)12-14-22(21)18-26(25)30-2/h5-8,15-18H,1-2H3. The van der Waals surface area contributed by atoms with E-state index in [-0.39, 0.29) is 0 Å². The Kier molecular flexibility index (Phi) is 5.35. The van der Waals surface area contributed by atoms with Crippen molar-refractivity contribution in [3.05, 3.63) is 97.3 Å². The molecular weight excluding hydrogens is 372 g/mol. The van der Waals surface area contributed by atoms with Gasteiger partial charge >= 0.3 is 0 Å². The van der Waals surface area contributed by atoms with Crippen LogP contribution >= 0.6 is 0 Å². The van der Waals surface area contributed by atoms with Gasteiger partial charge in [0.25, 0.3) is 0 Å². The van der Waals surface area contributed by atoms with E-state index in [9.17, 15) is 0 Å². The molecule has 0 N–H and O–H groups in total. The molecule has 0 radical (unpaired) electrons. The van der Waals surface area contributed by atoms with Crippen LogP contribution in [0.4, 0.5) is 0 Å². The molecule has 2 aromatic heterocycles. The number of nitrogens with zero attached hydrogens (tertiary/aromatic N) is 2. The van der Waals surface area contributed by atoms with Crippen molar-refractivity contribution in [2.24, 2.45) is 0 Å². The van der Waals surface area contributed by atoms with Gasteiger partial charge in [-0.25, -0.2) is 9.97 Å². The van der Waals surface area contributed by atoms with Crippen LogP contribution in [0.2, 0.25) is 0 Å². The average molecular weight is 386 g/mol.